The van der Waals surface area contributed by atoms with Gasteiger partial charge < -0.3 is 10.5 Å². The summed E-state index contributed by atoms with van der Waals surface area (Å²) in [5, 5.41) is 0.889. The summed E-state index contributed by atoms with van der Waals surface area (Å²) in [6, 6.07) is 8.15. The minimum Gasteiger partial charge on any atom is -0.486 e. The molecule has 0 aliphatic carbocycles. The Morgan fingerprint density at radius 3 is 2.80 bits per heavy atom. The van der Waals surface area contributed by atoms with Gasteiger partial charge in [-0.05, 0) is 30.5 Å². The molecule has 0 unspecified atom stereocenters. The molecule has 20 heavy (non-hydrogen) atoms. The first-order valence-electron chi connectivity index (χ1n) is 6.46. The van der Waals surface area contributed by atoms with Gasteiger partial charge in [0.25, 0.3) is 0 Å². The van der Waals surface area contributed by atoms with E-state index in [1.807, 2.05) is 19.1 Å². The van der Waals surface area contributed by atoms with Gasteiger partial charge >= 0.3 is 0 Å². The number of hydrogen-bond acceptors (Lipinski definition) is 4. The molecule has 2 rings (SSSR count). The average Bonchev–Trinajstić information content (AvgIpc) is 2.78. The van der Waals surface area contributed by atoms with Crippen LogP contribution in [0.1, 0.15) is 40.9 Å². The molecule has 0 aliphatic rings. The topological polar surface area (TPSA) is 48.1 Å². The Morgan fingerprint density at radius 2 is 2.20 bits per heavy atom. The second-order valence-corrected chi connectivity index (χ2v) is 6.43. The number of benzene rings is 1. The number of thiazole rings is 1. The molecule has 106 valence electrons. The zero-order valence-corrected chi connectivity index (χ0v) is 13.5. The summed E-state index contributed by atoms with van der Waals surface area (Å²) in [5.41, 5.74) is 7.79. The highest BCUT2D eigenvalue weighted by molar-refractivity contribution is 7.81. The van der Waals surface area contributed by atoms with Crippen molar-refractivity contribution in [2.75, 3.05) is 0 Å². The normalized spacial score (nSPS) is 10.8. The van der Waals surface area contributed by atoms with Crippen molar-refractivity contribution >= 4 is 28.5 Å². The second kappa shape index (κ2) is 6.33. The lowest BCUT2D eigenvalue weighted by molar-refractivity contribution is 0.305. The number of ether oxygens (including phenoxy) is 1. The quantitative estimate of drug-likeness (QED) is 0.854. The van der Waals surface area contributed by atoms with E-state index in [1.165, 1.54) is 16.9 Å². The Morgan fingerprint density at radius 1 is 1.45 bits per heavy atom. The zero-order chi connectivity index (χ0) is 14.7. The van der Waals surface area contributed by atoms with Crippen LogP contribution >= 0.6 is 23.6 Å². The number of nitrogens with two attached hydrogens (primary N) is 1. The van der Waals surface area contributed by atoms with Crippen molar-refractivity contribution in [1.29, 1.82) is 0 Å². The predicted molar refractivity (Wildman–Crippen MR) is 87.6 cm³/mol. The van der Waals surface area contributed by atoms with Crippen molar-refractivity contribution < 1.29 is 4.74 Å². The van der Waals surface area contributed by atoms with Crippen LogP contribution < -0.4 is 10.5 Å². The van der Waals surface area contributed by atoms with E-state index in [9.17, 15) is 0 Å². The molecule has 2 aromatic rings. The molecule has 0 aliphatic heterocycles. The van der Waals surface area contributed by atoms with Gasteiger partial charge in [0.05, 0.1) is 10.6 Å². The van der Waals surface area contributed by atoms with Crippen LogP contribution in [0.5, 0.6) is 5.75 Å². The number of thiocarbonyl (C=S) groups is 1. The third-order valence-electron chi connectivity index (χ3n) is 2.95. The Bertz CT molecular complexity index is 620. The van der Waals surface area contributed by atoms with Gasteiger partial charge in [0, 0.05) is 0 Å². The maximum absolute atomic E-state index is 5.79. The SMILES string of the molecule is Cc1nc(COc2cccc(C(C)C)c2)sc1C(N)=S. The Labute approximate surface area is 128 Å². The molecule has 5 heteroatoms. The first-order valence-corrected chi connectivity index (χ1v) is 7.68. The fourth-order valence-electron chi connectivity index (χ4n) is 1.85. The highest BCUT2D eigenvalue weighted by Crippen LogP contribution is 2.23. The van der Waals surface area contributed by atoms with Crippen molar-refractivity contribution in [3.63, 3.8) is 0 Å². The number of nitrogens with zero attached hydrogens (tertiary/aromatic N) is 1. The Kier molecular flexibility index (Phi) is 4.73. The van der Waals surface area contributed by atoms with Crippen LogP contribution in [0.3, 0.4) is 0 Å². The first-order chi connectivity index (χ1) is 9.47. The molecule has 0 atom stereocenters. The number of hydrogen-bond donors (Lipinski definition) is 1. The molecule has 0 saturated heterocycles. The fraction of sp³-hybridized carbons (Fsp3) is 0.333. The average molecular weight is 306 g/mol. The minimum atomic E-state index is 0.396. The van der Waals surface area contributed by atoms with Crippen molar-refractivity contribution in [2.45, 2.75) is 33.3 Å². The lowest BCUT2D eigenvalue weighted by Gasteiger charge is -2.08. The van der Waals surface area contributed by atoms with E-state index in [0.29, 0.717) is 17.5 Å². The molecule has 1 heterocycles. The van der Waals surface area contributed by atoms with Crippen molar-refractivity contribution in [2.24, 2.45) is 5.73 Å². The van der Waals surface area contributed by atoms with Gasteiger partial charge in [0.1, 0.15) is 22.4 Å². The monoisotopic (exact) mass is 306 g/mol. The van der Waals surface area contributed by atoms with E-state index < -0.39 is 0 Å². The van der Waals surface area contributed by atoms with Crippen LogP contribution in [0, 0.1) is 6.92 Å². The summed E-state index contributed by atoms with van der Waals surface area (Å²) in [6.07, 6.45) is 0. The molecule has 0 amide bonds. The van der Waals surface area contributed by atoms with Crippen LogP contribution in [-0.4, -0.2) is 9.97 Å². The summed E-state index contributed by atoms with van der Waals surface area (Å²) in [6.45, 7) is 6.68. The van der Waals surface area contributed by atoms with E-state index in [2.05, 4.69) is 31.0 Å². The summed E-state index contributed by atoms with van der Waals surface area (Å²) in [5.74, 6) is 1.35. The van der Waals surface area contributed by atoms with E-state index in [-0.39, 0.29) is 0 Å². The highest BCUT2D eigenvalue weighted by Gasteiger charge is 2.10. The van der Waals surface area contributed by atoms with Gasteiger partial charge in [0.15, 0.2) is 0 Å². The Hall–Kier alpha value is -1.46. The molecule has 1 aromatic heterocycles. The lowest BCUT2D eigenvalue weighted by Crippen LogP contribution is -2.08. The molecule has 0 radical (unpaired) electrons. The third-order valence-corrected chi connectivity index (χ3v) is 4.45. The summed E-state index contributed by atoms with van der Waals surface area (Å²) in [7, 11) is 0. The van der Waals surface area contributed by atoms with E-state index in [0.717, 1.165) is 21.3 Å². The minimum absolute atomic E-state index is 0.396. The summed E-state index contributed by atoms with van der Waals surface area (Å²) in [4.78, 5) is 5.70. The van der Waals surface area contributed by atoms with Gasteiger partial charge in [-0.1, -0.05) is 38.2 Å². The molecular weight excluding hydrogens is 288 g/mol. The molecule has 1 aromatic carbocycles. The molecule has 0 spiro atoms. The van der Waals surface area contributed by atoms with Crippen LogP contribution in [0.2, 0.25) is 0 Å². The molecule has 0 saturated carbocycles. The maximum atomic E-state index is 5.79. The van der Waals surface area contributed by atoms with E-state index >= 15 is 0 Å². The predicted octanol–water partition coefficient (Wildman–Crippen LogP) is 3.79. The van der Waals surface area contributed by atoms with Gasteiger partial charge in [-0.25, -0.2) is 4.98 Å². The number of aromatic nitrogens is 1. The number of aryl methyl sites for hydroxylation is 1. The standard InChI is InChI=1S/C15H18N2OS2/c1-9(2)11-5-4-6-12(7-11)18-8-13-17-10(3)14(20-13)15(16)19/h4-7,9H,8H2,1-3H3,(H2,16,19). The highest BCUT2D eigenvalue weighted by atomic mass is 32.1. The first kappa shape index (κ1) is 14.9. The van der Waals surface area contributed by atoms with Crippen LogP contribution in [-0.2, 0) is 6.61 Å². The maximum Gasteiger partial charge on any atom is 0.140 e. The van der Waals surface area contributed by atoms with E-state index in [4.69, 9.17) is 22.7 Å². The van der Waals surface area contributed by atoms with Crippen molar-refractivity contribution in [1.82, 2.24) is 4.98 Å². The molecule has 3 nitrogen and oxygen atoms in total. The Balaban J connectivity index is 2.07. The van der Waals surface area contributed by atoms with Gasteiger partial charge in [-0.15, -0.1) is 11.3 Å². The fourth-order valence-corrected chi connectivity index (χ4v) is 2.95. The molecule has 2 N–H and O–H groups in total. The van der Waals surface area contributed by atoms with Crippen molar-refractivity contribution in [3.8, 4) is 5.75 Å². The van der Waals surface area contributed by atoms with Crippen LogP contribution in [0.4, 0.5) is 0 Å². The summed E-state index contributed by atoms with van der Waals surface area (Å²) < 4.78 is 5.79. The van der Waals surface area contributed by atoms with Crippen molar-refractivity contribution in [3.05, 3.63) is 45.4 Å². The van der Waals surface area contributed by atoms with Crippen LogP contribution in [0.15, 0.2) is 24.3 Å². The van der Waals surface area contributed by atoms with Crippen LogP contribution in [0.25, 0.3) is 0 Å². The molecule has 0 fully saturated rings. The zero-order valence-electron chi connectivity index (χ0n) is 11.8. The largest absolute Gasteiger partial charge is 0.486 e. The second-order valence-electron chi connectivity index (χ2n) is 4.90. The molecule has 0 bridgehead atoms. The van der Waals surface area contributed by atoms with Gasteiger partial charge in [-0.2, -0.15) is 0 Å². The summed E-state index contributed by atoms with van der Waals surface area (Å²) >= 11 is 6.49. The number of rotatable bonds is 5. The van der Waals surface area contributed by atoms with Gasteiger partial charge in [0.2, 0.25) is 0 Å². The molecular formula is C15H18N2OS2. The van der Waals surface area contributed by atoms with E-state index in [1.54, 1.807) is 0 Å². The smallest absolute Gasteiger partial charge is 0.140 e. The van der Waals surface area contributed by atoms with Gasteiger partial charge in [-0.3, -0.25) is 0 Å². The third kappa shape index (κ3) is 3.55. The lowest BCUT2D eigenvalue weighted by atomic mass is 10.0.